The van der Waals surface area contributed by atoms with Gasteiger partial charge in [-0.25, -0.2) is 0 Å². The molecule has 0 aliphatic heterocycles. The van der Waals surface area contributed by atoms with E-state index in [1.54, 1.807) is 12.1 Å². The van der Waals surface area contributed by atoms with Crippen molar-refractivity contribution in [1.82, 2.24) is 0 Å². The maximum atomic E-state index is 9.54. The van der Waals surface area contributed by atoms with E-state index in [0.29, 0.717) is 23.4 Å². The summed E-state index contributed by atoms with van der Waals surface area (Å²) in [6, 6.07) is 3.52. The molecule has 0 heterocycles. The van der Waals surface area contributed by atoms with Gasteiger partial charge in [0.25, 0.3) is 0 Å². The lowest BCUT2D eigenvalue weighted by molar-refractivity contribution is 0.317. The molecule has 4 heteroatoms. The van der Waals surface area contributed by atoms with Gasteiger partial charge in [-0.2, -0.15) is 0 Å². The van der Waals surface area contributed by atoms with Crippen LogP contribution in [0.5, 0.6) is 11.5 Å². The topological polar surface area (TPSA) is 55.5 Å². The highest BCUT2D eigenvalue weighted by molar-refractivity contribution is 9.10. The first-order valence-corrected chi connectivity index (χ1v) is 4.82. The van der Waals surface area contributed by atoms with Crippen LogP contribution < -0.4 is 10.5 Å². The van der Waals surface area contributed by atoms with Gasteiger partial charge in [0.05, 0.1) is 11.1 Å². The highest BCUT2D eigenvalue weighted by atomic mass is 79.9. The number of nitrogens with two attached hydrogens (primary N) is 1. The van der Waals surface area contributed by atoms with Crippen LogP contribution in [0.25, 0.3) is 0 Å². The summed E-state index contributed by atoms with van der Waals surface area (Å²) >= 11 is 3.22. The summed E-state index contributed by atoms with van der Waals surface area (Å²) in [5, 5.41) is 9.54. The molecule has 0 saturated carbocycles. The molecule has 0 spiro atoms. The predicted molar refractivity (Wildman–Crippen MR) is 54.9 cm³/mol. The summed E-state index contributed by atoms with van der Waals surface area (Å²) in [6.45, 7) is 2.81. The van der Waals surface area contributed by atoms with E-state index >= 15 is 0 Å². The van der Waals surface area contributed by atoms with E-state index in [1.807, 2.05) is 6.92 Å². The summed E-state index contributed by atoms with van der Waals surface area (Å²) in [4.78, 5) is 0. The Labute approximate surface area is 85.6 Å². The standard InChI is InChI=1S/C9H12BrNO2/c1-2-13-8-4-6(5-11)3-7(10)9(8)12/h3-4,12H,2,5,11H2,1H3. The van der Waals surface area contributed by atoms with E-state index in [9.17, 15) is 5.11 Å². The molecule has 0 aliphatic rings. The van der Waals surface area contributed by atoms with Crippen molar-refractivity contribution in [2.75, 3.05) is 6.61 Å². The van der Waals surface area contributed by atoms with Crippen molar-refractivity contribution in [3.8, 4) is 11.5 Å². The highest BCUT2D eigenvalue weighted by Crippen LogP contribution is 2.35. The maximum absolute atomic E-state index is 9.54. The largest absolute Gasteiger partial charge is 0.503 e. The smallest absolute Gasteiger partial charge is 0.172 e. The molecule has 3 nitrogen and oxygen atoms in total. The van der Waals surface area contributed by atoms with Crippen LogP contribution in [0, 0.1) is 0 Å². The summed E-state index contributed by atoms with van der Waals surface area (Å²) in [5.74, 6) is 0.594. The Morgan fingerprint density at radius 3 is 2.77 bits per heavy atom. The number of hydrogen-bond acceptors (Lipinski definition) is 3. The van der Waals surface area contributed by atoms with Gasteiger partial charge in [-0.15, -0.1) is 0 Å². The first-order valence-electron chi connectivity index (χ1n) is 4.03. The zero-order valence-electron chi connectivity index (χ0n) is 7.38. The van der Waals surface area contributed by atoms with Gasteiger partial charge in [0.15, 0.2) is 11.5 Å². The molecular weight excluding hydrogens is 234 g/mol. The van der Waals surface area contributed by atoms with E-state index < -0.39 is 0 Å². The number of hydrogen-bond donors (Lipinski definition) is 2. The van der Waals surface area contributed by atoms with Crippen molar-refractivity contribution in [3.05, 3.63) is 22.2 Å². The van der Waals surface area contributed by atoms with E-state index in [2.05, 4.69) is 15.9 Å². The third-order valence-electron chi connectivity index (χ3n) is 1.62. The second-order valence-corrected chi connectivity index (χ2v) is 3.42. The summed E-state index contributed by atoms with van der Waals surface area (Å²) < 4.78 is 5.83. The second-order valence-electron chi connectivity index (χ2n) is 2.56. The Morgan fingerprint density at radius 1 is 1.54 bits per heavy atom. The fourth-order valence-corrected chi connectivity index (χ4v) is 1.50. The minimum atomic E-state index is 0.124. The van der Waals surface area contributed by atoms with E-state index in [1.165, 1.54) is 0 Å². The third kappa shape index (κ3) is 2.35. The molecule has 0 atom stereocenters. The molecule has 0 aromatic heterocycles. The fraction of sp³-hybridized carbons (Fsp3) is 0.333. The van der Waals surface area contributed by atoms with E-state index in [0.717, 1.165) is 5.56 Å². The number of phenols is 1. The Kier molecular flexibility index (Phi) is 3.57. The van der Waals surface area contributed by atoms with Crippen LogP contribution >= 0.6 is 15.9 Å². The maximum Gasteiger partial charge on any atom is 0.172 e. The van der Waals surface area contributed by atoms with Gasteiger partial charge in [-0.3, -0.25) is 0 Å². The number of phenolic OH excluding ortho intramolecular Hbond substituents is 1. The molecule has 0 fully saturated rings. The highest BCUT2D eigenvalue weighted by Gasteiger charge is 2.07. The Bertz CT molecular complexity index is 302. The van der Waals surface area contributed by atoms with Crippen molar-refractivity contribution >= 4 is 15.9 Å². The number of rotatable bonds is 3. The molecule has 0 saturated heterocycles. The first kappa shape index (κ1) is 10.3. The van der Waals surface area contributed by atoms with Crippen LogP contribution in [0.2, 0.25) is 0 Å². The summed E-state index contributed by atoms with van der Waals surface area (Å²) in [7, 11) is 0. The third-order valence-corrected chi connectivity index (χ3v) is 2.23. The second kappa shape index (κ2) is 4.48. The molecule has 72 valence electrons. The van der Waals surface area contributed by atoms with Crippen LogP contribution in [0.4, 0.5) is 0 Å². The van der Waals surface area contributed by atoms with Gasteiger partial charge >= 0.3 is 0 Å². The monoisotopic (exact) mass is 245 g/mol. The first-order chi connectivity index (χ1) is 6.19. The lowest BCUT2D eigenvalue weighted by atomic mass is 10.2. The van der Waals surface area contributed by atoms with Gasteiger partial charge in [0.1, 0.15) is 0 Å². The fourth-order valence-electron chi connectivity index (χ4n) is 1.01. The lowest BCUT2D eigenvalue weighted by Crippen LogP contribution is -1.98. The van der Waals surface area contributed by atoms with Crippen molar-refractivity contribution < 1.29 is 9.84 Å². The Morgan fingerprint density at radius 2 is 2.23 bits per heavy atom. The molecule has 0 unspecified atom stereocenters. The van der Waals surface area contributed by atoms with Crippen molar-refractivity contribution in [2.24, 2.45) is 5.73 Å². The van der Waals surface area contributed by atoms with Crippen molar-refractivity contribution in [3.63, 3.8) is 0 Å². The van der Waals surface area contributed by atoms with Gasteiger partial charge in [0.2, 0.25) is 0 Å². The van der Waals surface area contributed by atoms with Gasteiger partial charge < -0.3 is 15.6 Å². The molecule has 0 radical (unpaired) electrons. The minimum absolute atomic E-state index is 0.124. The summed E-state index contributed by atoms with van der Waals surface area (Å²) in [5.41, 5.74) is 6.40. The number of ether oxygens (including phenoxy) is 1. The van der Waals surface area contributed by atoms with E-state index in [4.69, 9.17) is 10.5 Å². The van der Waals surface area contributed by atoms with Crippen molar-refractivity contribution in [2.45, 2.75) is 13.5 Å². The van der Waals surface area contributed by atoms with Gasteiger partial charge in [-0.05, 0) is 40.5 Å². The predicted octanol–water partition coefficient (Wildman–Crippen LogP) is 2.01. The molecule has 3 N–H and O–H groups in total. The zero-order chi connectivity index (χ0) is 9.84. The number of aromatic hydroxyl groups is 1. The molecular formula is C9H12BrNO2. The van der Waals surface area contributed by atoms with Crippen LogP contribution in [-0.2, 0) is 6.54 Å². The van der Waals surface area contributed by atoms with Crippen LogP contribution in [-0.4, -0.2) is 11.7 Å². The Hall–Kier alpha value is -0.740. The van der Waals surface area contributed by atoms with E-state index in [-0.39, 0.29) is 5.75 Å². The van der Waals surface area contributed by atoms with Crippen LogP contribution in [0.1, 0.15) is 12.5 Å². The number of benzene rings is 1. The minimum Gasteiger partial charge on any atom is -0.503 e. The Balaban J connectivity index is 3.09. The van der Waals surface area contributed by atoms with Crippen LogP contribution in [0.15, 0.2) is 16.6 Å². The van der Waals surface area contributed by atoms with Crippen LogP contribution in [0.3, 0.4) is 0 Å². The normalized spacial score (nSPS) is 10.1. The molecule has 0 amide bonds. The molecule has 1 aromatic carbocycles. The average molecular weight is 246 g/mol. The molecule has 0 bridgehead atoms. The molecule has 0 aliphatic carbocycles. The molecule has 1 aromatic rings. The quantitative estimate of drug-likeness (QED) is 0.857. The zero-order valence-corrected chi connectivity index (χ0v) is 8.97. The van der Waals surface area contributed by atoms with Gasteiger partial charge in [0, 0.05) is 6.54 Å². The van der Waals surface area contributed by atoms with Crippen molar-refractivity contribution in [1.29, 1.82) is 0 Å². The summed E-state index contributed by atoms with van der Waals surface area (Å²) in [6.07, 6.45) is 0. The average Bonchev–Trinajstić information content (AvgIpc) is 2.13. The number of halogens is 1. The SMILES string of the molecule is CCOc1cc(CN)cc(Br)c1O. The molecule has 13 heavy (non-hydrogen) atoms. The van der Waals surface area contributed by atoms with Gasteiger partial charge in [-0.1, -0.05) is 0 Å². The molecule has 1 rings (SSSR count). The lowest BCUT2D eigenvalue weighted by Gasteiger charge is -2.08.